The fraction of sp³-hybridized carbons (Fsp3) is 0.318. The normalized spacial score (nSPS) is 10.6. The van der Waals surface area contributed by atoms with Crippen molar-refractivity contribution < 1.29 is 20.8 Å². The summed E-state index contributed by atoms with van der Waals surface area (Å²) < 4.78 is 0. The molecule has 0 amide bonds. The van der Waals surface area contributed by atoms with Crippen molar-refractivity contribution >= 4 is 48.1 Å². The van der Waals surface area contributed by atoms with Crippen LogP contribution in [0.4, 0.5) is 0 Å². The van der Waals surface area contributed by atoms with Crippen molar-refractivity contribution in [2.45, 2.75) is 92.2 Å². The van der Waals surface area contributed by atoms with Gasteiger partial charge in [0.05, 0.1) is 0 Å². The number of hydrogen-bond donors (Lipinski definition) is 0. The summed E-state index contributed by atoms with van der Waals surface area (Å²) >= 11 is -0.826. The molecule has 0 fully saturated rings. The second kappa shape index (κ2) is 21.1. The zero-order valence-electron chi connectivity index (χ0n) is 30.1. The summed E-state index contributed by atoms with van der Waals surface area (Å²) in [5.74, 6) is 1.16. The molecule has 0 atom stereocenters. The number of fused-ring (bicyclic) bond motifs is 2. The van der Waals surface area contributed by atoms with E-state index in [2.05, 4.69) is 164 Å². The fourth-order valence-corrected chi connectivity index (χ4v) is 5.97. The molecule has 250 valence electrons. The molecule has 2 radical (unpaired) electrons. The molecule has 0 bridgehead atoms. The van der Waals surface area contributed by atoms with Gasteiger partial charge in [-0.3, -0.25) is 0 Å². The van der Waals surface area contributed by atoms with Crippen LogP contribution in [0.3, 0.4) is 0 Å². The summed E-state index contributed by atoms with van der Waals surface area (Å²) in [4.78, 5) is 0. The maximum absolute atomic E-state index is 4.93. The second-order valence-corrected chi connectivity index (χ2v) is 17.7. The predicted octanol–water partition coefficient (Wildman–Crippen LogP) is 14.8. The Morgan fingerprint density at radius 3 is 1.21 bits per heavy atom. The fourth-order valence-electron chi connectivity index (χ4n) is 5.97. The summed E-state index contributed by atoms with van der Waals surface area (Å²) in [6.07, 6.45) is 4.74. The Morgan fingerprint density at radius 1 is 0.583 bits per heavy atom. The van der Waals surface area contributed by atoms with Crippen LogP contribution in [0.25, 0.3) is 43.8 Å². The Morgan fingerprint density at radius 2 is 0.917 bits per heavy atom. The van der Waals surface area contributed by atoms with E-state index in [4.69, 9.17) is 17.0 Å². The number of aryl methyl sites for hydroxylation is 2. The molecule has 0 aromatic heterocycles. The predicted molar refractivity (Wildman–Crippen MR) is 215 cm³/mol. The van der Waals surface area contributed by atoms with E-state index in [1.807, 2.05) is 0 Å². The first-order valence-electron chi connectivity index (χ1n) is 17.3. The van der Waals surface area contributed by atoms with Crippen LogP contribution < -0.4 is 0 Å². The van der Waals surface area contributed by atoms with E-state index in [0.29, 0.717) is 11.8 Å². The molecule has 0 aliphatic rings. The first kappa shape index (κ1) is 40.2. The Kier molecular flexibility index (Phi) is 17.7. The first-order chi connectivity index (χ1) is 23.2. The van der Waals surface area contributed by atoms with Gasteiger partial charge < -0.3 is 0 Å². The molecule has 6 aromatic rings. The van der Waals surface area contributed by atoms with Gasteiger partial charge in [0.15, 0.2) is 0 Å². The van der Waals surface area contributed by atoms with Crippen LogP contribution >= 0.6 is 17.0 Å². The van der Waals surface area contributed by atoms with Gasteiger partial charge in [0.1, 0.15) is 0 Å². The van der Waals surface area contributed by atoms with Crippen molar-refractivity contribution in [2.75, 3.05) is 0 Å². The minimum atomic E-state index is -0.826. The van der Waals surface area contributed by atoms with Gasteiger partial charge >= 0.3 is 37.9 Å². The van der Waals surface area contributed by atoms with Gasteiger partial charge in [-0.05, 0) is 46.9 Å². The van der Waals surface area contributed by atoms with Gasteiger partial charge in [0.2, 0.25) is 0 Å². The monoisotopic (exact) mass is 768 g/mol. The standard InChI is InChI=1S/2C21H23.C2H6Si.2ClH.Zr/c2*1-4-6-16-9-11-17(12-10-16)20-8-5-7-18-13-19(15(2)3)14-21(18)20;1-3-2;;;/h2*5,7-15H,4,6H2,1-3H3;1-2H3;2*1H;/q2*-1;;;;+4/p-2. The molecule has 0 aliphatic carbocycles. The van der Waals surface area contributed by atoms with Gasteiger partial charge in [0.25, 0.3) is 0 Å². The average molecular weight is 771 g/mol. The van der Waals surface area contributed by atoms with Crippen LogP contribution in [0.1, 0.15) is 88.5 Å². The Labute approximate surface area is 312 Å². The molecule has 0 spiro atoms. The second-order valence-electron chi connectivity index (χ2n) is 13.0. The molecule has 6 aromatic carbocycles. The summed E-state index contributed by atoms with van der Waals surface area (Å²) in [5.41, 5.74) is 11.1. The van der Waals surface area contributed by atoms with Crippen LogP contribution in [-0.2, 0) is 33.7 Å². The van der Waals surface area contributed by atoms with Crippen LogP contribution in [0, 0.1) is 0 Å². The third kappa shape index (κ3) is 11.4. The number of hydrogen-bond acceptors (Lipinski definition) is 0. The van der Waals surface area contributed by atoms with Crippen LogP contribution in [0.2, 0.25) is 13.1 Å². The van der Waals surface area contributed by atoms with Crippen molar-refractivity contribution in [1.29, 1.82) is 0 Å². The summed E-state index contributed by atoms with van der Waals surface area (Å²) in [6.45, 7) is 17.8. The van der Waals surface area contributed by atoms with E-state index >= 15 is 0 Å². The molecule has 0 saturated heterocycles. The molecule has 6 rings (SSSR count). The van der Waals surface area contributed by atoms with E-state index in [0.717, 1.165) is 9.52 Å². The van der Waals surface area contributed by atoms with Crippen LogP contribution in [0.5, 0.6) is 0 Å². The molecule has 0 nitrogen and oxygen atoms in total. The topological polar surface area (TPSA) is 0 Å². The number of halogens is 2. The molecule has 48 heavy (non-hydrogen) atoms. The molecule has 4 heteroatoms. The SMILES string of the molecule is CCCc1ccc(-c2cccc3[cH-]c(C(C)C)cc23)cc1.CCCc1ccc(-c2cccc3[cH-]c(C(C)C)cc23)cc1.C[Si]C.[Cl][Zr+2][Cl]. The number of rotatable bonds is 8. The van der Waals surface area contributed by atoms with Crippen molar-refractivity contribution in [3.63, 3.8) is 0 Å². The minimum absolute atomic E-state index is 0.581. The molecular formula is C44H52Cl2SiZr. The van der Waals surface area contributed by atoms with Gasteiger partial charge in [0, 0.05) is 9.52 Å². The van der Waals surface area contributed by atoms with Crippen molar-refractivity contribution in [1.82, 2.24) is 0 Å². The Hall–Kier alpha value is -2.22. The summed E-state index contributed by atoms with van der Waals surface area (Å²) in [6, 6.07) is 40.8. The number of benzene rings is 4. The molecule has 0 heterocycles. The van der Waals surface area contributed by atoms with Crippen molar-refractivity contribution in [2.24, 2.45) is 0 Å². The van der Waals surface area contributed by atoms with Crippen molar-refractivity contribution in [3.8, 4) is 22.3 Å². The van der Waals surface area contributed by atoms with Crippen LogP contribution in [-0.4, -0.2) is 9.52 Å². The maximum atomic E-state index is 4.93. The molecule has 0 saturated carbocycles. The van der Waals surface area contributed by atoms with Crippen LogP contribution in [0.15, 0.2) is 109 Å². The third-order valence-electron chi connectivity index (χ3n) is 8.49. The summed E-state index contributed by atoms with van der Waals surface area (Å²) in [7, 11) is 11.0. The zero-order valence-corrected chi connectivity index (χ0v) is 35.1. The van der Waals surface area contributed by atoms with Gasteiger partial charge in [-0.25, -0.2) is 0 Å². The van der Waals surface area contributed by atoms with Gasteiger partial charge in [-0.2, -0.15) is 12.1 Å². The van der Waals surface area contributed by atoms with E-state index in [9.17, 15) is 0 Å². The van der Waals surface area contributed by atoms with Gasteiger partial charge in [-0.15, -0.1) is 69.1 Å². The van der Waals surface area contributed by atoms with E-state index < -0.39 is 20.8 Å². The molecule has 0 aliphatic heterocycles. The first-order valence-corrected chi connectivity index (χ1v) is 25.7. The van der Waals surface area contributed by atoms with E-state index in [-0.39, 0.29) is 0 Å². The van der Waals surface area contributed by atoms with E-state index in [1.54, 1.807) is 0 Å². The third-order valence-corrected chi connectivity index (χ3v) is 8.49. The molecular weight excluding hydrogens is 719 g/mol. The Bertz CT molecular complexity index is 1640. The quantitative estimate of drug-likeness (QED) is 0.107. The Balaban J connectivity index is 0.000000224. The average Bonchev–Trinajstić information content (AvgIpc) is 3.73. The van der Waals surface area contributed by atoms with Crippen molar-refractivity contribution in [3.05, 3.63) is 131 Å². The van der Waals surface area contributed by atoms with Gasteiger partial charge in [-0.1, -0.05) is 139 Å². The summed E-state index contributed by atoms with van der Waals surface area (Å²) in [5, 5.41) is 5.47. The molecule has 0 unspecified atom stereocenters. The molecule has 0 N–H and O–H groups in total. The van der Waals surface area contributed by atoms with E-state index in [1.165, 1.54) is 91.7 Å². The zero-order chi connectivity index (χ0) is 35.1.